The van der Waals surface area contributed by atoms with Crippen LogP contribution in [-0.4, -0.2) is 77.8 Å². The Morgan fingerprint density at radius 1 is 0.804 bits per heavy atom. The molecule has 4 rings (SSSR count). The van der Waals surface area contributed by atoms with Gasteiger partial charge in [-0.2, -0.15) is 4.31 Å². The van der Waals surface area contributed by atoms with Crippen LogP contribution in [0.25, 0.3) is 0 Å². The van der Waals surface area contributed by atoms with E-state index in [-0.39, 0.29) is 36.5 Å². The molecule has 0 aliphatic carbocycles. The van der Waals surface area contributed by atoms with Crippen molar-refractivity contribution in [3.63, 3.8) is 0 Å². The molecule has 0 fully saturated rings. The highest BCUT2D eigenvalue weighted by molar-refractivity contribution is 7.89. The van der Waals surface area contributed by atoms with Gasteiger partial charge in [0.05, 0.1) is 25.7 Å². The summed E-state index contributed by atoms with van der Waals surface area (Å²) >= 11 is 0. The lowest BCUT2D eigenvalue weighted by Gasteiger charge is -2.27. The van der Waals surface area contributed by atoms with Crippen LogP contribution in [0, 0.1) is 5.92 Å². The van der Waals surface area contributed by atoms with E-state index in [2.05, 4.69) is 10.6 Å². The molecule has 0 unspecified atom stereocenters. The number of rotatable bonds is 23. The highest BCUT2D eigenvalue weighted by atomic mass is 32.2. The molecule has 0 saturated heterocycles. The normalized spacial score (nSPS) is 11.9. The minimum absolute atomic E-state index is 0.0835. The summed E-state index contributed by atoms with van der Waals surface area (Å²) in [5.74, 6) is 1.83. The van der Waals surface area contributed by atoms with Crippen LogP contribution in [-0.2, 0) is 38.8 Å². The van der Waals surface area contributed by atoms with Gasteiger partial charge in [0.25, 0.3) is 5.91 Å². The number of aryl methyl sites for hydroxylation is 2. The third-order valence-corrected chi connectivity index (χ3v) is 10.9. The van der Waals surface area contributed by atoms with Gasteiger partial charge in [-0.1, -0.05) is 62.4 Å². The van der Waals surface area contributed by atoms with Crippen molar-refractivity contribution in [1.29, 1.82) is 0 Å². The SMILES string of the molecule is COc1ccc(CCCc2cccc(OCC(=O)NCCCOC(=O)N[C@H](CCN(CC(C)C)S(=O)(=O)c3ccc(N)cc3)Cc3ccccc3)c2)cc1OC. The first-order valence-corrected chi connectivity index (χ1v) is 20.4. The van der Waals surface area contributed by atoms with Crippen LogP contribution in [0.15, 0.2) is 102 Å². The van der Waals surface area contributed by atoms with Crippen molar-refractivity contribution >= 4 is 27.7 Å². The van der Waals surface area contributed by atoms with Crippen molar-refractivity contribution in [3.8, 4) is 17.2 Å². The second kappa shape index (κ2) is 22.3. The number of nitrogens with one attached hydrogen (secondary N) is 2. The number of carbonyl (C=O) groups is 2. The van der Waals surface area contributed by atoms with Crippen molar-refractivity contribution in [2.45, 2.75) is 63.3 Å². The molecule has 4 N–H and O–H groups in total. The lowest BCUT2D eigenvalue weighted by atomic mass is 10.0. The smallest absolute Gasteiger partial charge is 0.407 e. The van der Waals surface area contributed by atoms with Crippen molar-refractivity contribution < 1.29 is 37.0 Å². The van der Waals surface area contributed by atoms with Crippen LogP contribution < -0.4 is 30.6 Å². The molecule has 0 bridgehead atoms. The Morgan fingerprint density at radius 3 is 2.20 bits per heavy atom. The standard InChI is InChI=1S/C43H56N4O8S/c1-32(2)30-47(56(50,51)39-20-18-36(44)19-21-39)25-23-37(27-33-11-6-5-7-12-33)46-43(49)54-26-10-24-45-42(48)31-55-38-16-9-15-34(28-38)13-8-14-35-17-22-40(52-3)41(29-35)53-4/h5-7,9,11-12,15-22,28-29,32,37H,8,10,13-14,23-27,30-31,44H2,1-4H3,(H,45,48)(H,46,49)/t37-/m1/s1. The minimum atomic E-state index is -3.79. The maximum absolute atomic E-state index is 13.6. The number of benzene rings is 4. The Morgan fingerprint density at radius 2 is 1.50 bits per heavy atom. The van der Waals surface area contributed by atoms with Crippen LogP contribution >= 0.6 is 0 Å². The second-order valence-electron chi connectivity index (χ2n) is 14.0. The predicted molar refractivity (Wildman–Crippen MR) is 219 cm³/mol. The first kappa shape index (κ1) is 43.5. The van der Waals surface area contributed by atoms with E-state index in [1.165, 1.54) is 16.4 Å². The number of methoxy groups -OCH3 is 2. The summed E-state index contributed by atoms with van der Waals surface area (Å²) in [7, 11) is -0.545. The van der Waals surface area contributed by atoms with Crippen molar-refractivity contribution in [2.24, 2.45) is 5.92 Å². The van der Waals surface area contributed by atoms with Crippen molar-refractivity contribution in [1.82, 2.24) is 14.9 Å². The molecule has 13 heteroatoms. The van der Waals surface area contributed by atoms with Crippen LogP contribution in [0.5, 0.6) is 17.2 Å². The molecular weight excluding hydrogens is 733 g/mol. The van der Waals surface area contributed by atoms with Gasteiger partial charge in [-0.15, -0.1) is 0 Å². The number of carbonyl (C=O) groups excluding carboxylic acids is 2. The van der Waals surface area contributed by atoms with E-state index in [1.807, 2.05) is 86.6 Å². The zero-order valence-corrected chi connectivity index (χ0v) is 33.7. The maximum Gasteiger partial charge on any atom is 0.407 e. The number of amides is 2. The summed E-state index contributed by atoms with van der Waals surface area (Å²) < 4.78 is 50.5. The van der Waals surface area contributed by atoms with E-state index in [1.54, 1.807) is 26.4 Å². The summed E-state index contributed by atoms with van der Waals surface area (Å²) in [6, 6.07) is 29.1. The van der Waals surface area contributed by atoms with E-state index < -0.39 is 22.2 Å². The number of nitrogens with zero attached hydrogens (tertiary/aromatic N) is 1. The summed E-state index contributed by atoms with van der Waals surface area (Å²) in [4.78, 5) is 25.5. The molecule has 0 aliphatic heterocycles. The fraction of sp³-hybridized carbons (Fsp3) is 0.395. The van der Waals surface area contributed by atoms with Gasteiger partial charge in [0, 0.05) is 31.4 Å². The molecule has 0 radical (unpaired) electrons. The summed E-state index contributed by atoms with van der Waals surface area (Å²) in [5, 5.41) is 5.73. The average Bonchev–Trinajstić information content (AvgIpc) is 3.19. The van der Waals surface area contributed by atoms with E-state index in [0.717, 1.165) is 36.0 Å². The first-order valence-electron chi connectivity index (χ1n) is 19.0. The van der Waals surface area contributed by atoms with Crippen LogP contribution in [0.4, 0.5) is 10.5 Å². The Labute approximate surface area is 331 Å². The number of hydrogen-bond acceptors (Lipinski definition) is 9. The molecule has 0 aromatic heterocycles. The molecule has 0 aliphatic rings. The number of ether oxygens (including phenoxy) is 4. The topological polar surface area (TPSA) is 159 Å². The average molecular weight is 789 g/mol. The molecule has 0 spiro atoms. The van der Waals surface area contributed by atoms with Crippen LogP contribution in [0.1, 0.15) is 49.8 Å². The number of hydrogen-bond donors (Lipinski definition) is 3. The zero-order valence-electron chi connectivity index (χ0n) is 32.9. The molecule has 12 nitrogen and oxygen atoms in total. The third-order valence-electron chi connectivity index (χ3n) is 8.98. The number of anilines is 1. The Kier molecular flexibility index (Phi) is 17.3. The monoisotopic (exact) mass is 788 g/mol. The molecule has 0 heterocycles. The van der Waals surface area contributed by atoms with E-state index in [0.29, 0.717) is 55.3 Å². The Bertz CT molecular complexity index is 1920. The second-order valence-corrected chi connectivity index (χ2v) is 15.9. The fourth-order valence-electron chi connectivity index (χ4n) is 6.13. The van der Waals surface area contributed by atoms with Crippen molar-refractivity contribution in [2.75, 3.05) is 52.8 Å². The molecule has 2 amide bonds. The highest BCUT2D eigenvalue weighted by Gasteiger charge is 2.27. The van der Waals surface area contributed by atoms with Crippen molar-refractivity contribution in [3.05, 3.63) is 114 Å². The maximum atomic E-state index is 13.6. The van der Waals surface area contributed by atoms with Gasteiger partial charge in [-0.25, -0.2) is 13.2 Å². The largest absolute Gasteiger partial charge is 0.493 e. The van der Waals surface area contributed by atoms with Gasteiger partial charge in [0.2, 0.25) is 10.0 Å². The Balaban J connectivity index is 1.19. The zero-order chi connectivity index (χ0) is 40.3. The van der Waals surface area contributed by atoms with Crippen LogP contribution in [0.2, 0.25) is 0 Å². The number of nitrogens with two attached hydrogens (primary N) is 1. The minimum Gasteiger partial charge on any atom is -0.493 e. The van der Waals surface area contributed by atoms with E-state index >= 15 is 0 Å². The number of nitrogen functional groups attached to an aromatic ring is 1. The van der Waals surface area contributed by atoms with Gasteiger partial charge >= 0.3 is 6.09 Å². The lowest BCUT2D eigenvalue weighted by Crippen LogP contribution is -2.42. The predicted octanol–water partition coefficient (Wildman–Crippen LogP) is 6.42. The summed E-state index contributed by atoms with van der Waals surface area (Å²) in [5.41, 5.74) is 9.54. The molecule has 0 saturated carbocycles. The quantitative estimate of drug-likeness (QED) is 0.0570. The highest BCUT2D eigenvalue weighted by Crippen LogP contribution is 2.28. The van der Waals surface area contributed by atoms with Crippen LogP contribution in [0.3, 0.4) is 0 Å². The molecule has 302 valence electrons. The molecule has 4 aromatic carbocycles. The van der Waals surface area contributed by atoms with E-state index in [9.17, 15) is 18.0 Å². The number of alkyl carbamates (subject to hydrolysis) is 1. The molecule has 1 atom stereocenters. The Hall–Kier alpha value is -5.27. The summed E-state index contributed by atoms with van der Waals surface area (Å²) in [6.45, 7) is 4.68. The molecular formula is C43H56N4O8S. The van der Waals surface area contributed by atoms with E-state index in [4.69, 9.17) is 24.7 Å². The molecule has 56 heavy (non-hydrogen) atoms. The van der Waals surface area contributed by atoms with Gasteiger partial charge < -0.3 is 35.3 Å². The van der Waals surface area contributed by atoms with Gasteiger partial charge in [0.15, 0.2) is 18.1 Å². The molecule has 4 aromatic rings. The third kappa shape index (κ3) is 14.4. The van der Waals surface area contributed by atoms with Gasteiger partial charge in [-0.3, -0.25) is 4.79 Å². The van der Waals surface area contributed by atoms with Gasteiger partial charge in [-0.05, 0) is 110 Å². The first-order chi connectivity index (χ1) is 27.0. The fourth-order valence-corrected chi connectivity index (χ4v) is 7.74. The number of sulfonamides is 1. The lowest BCUT2D eigenvalue weighted by molar-refractivity contribution is -0.123. The van der Waals surface area contributed by atoms with Gasteiger partial charge in [0.1, 0.15) is 5.75 Å². The summed E-state index contributed by atoms with van der Waals surface area (Å²) in [6.07, 6.45) is 3.31.